The van der Waals surface area contributed by atoms with Gasteiger partial charge in [0.2, 0.25) is 0 Å². The van der Waals surface area contributed by atoms with Gasteiger partial charge in [0.05, 0.1) is 11.1 Å². The van der Waals surface area contributed by atoms with E-state index in [-0.39, 0.29) is 11.9 Å². The number of rotatable bonds is 2. The van der Waals surface area contributed by atoms with Crippen molar-refractivity contribution in [3.05, 3.63) is 42.1 Å². The molecule has 1 aromatic carbocycles. The number of carbonyl (C=O) groups is 1. The number of benzene rings is 1. The van der Waals surface area contributed by atoms with Gasteiger partial charge in [0, 0.05) is 30.0 Å². The maximum Gasteiger partial charge on any atom is 0.256 e. The molecule has 1 atom stereocenters. The average molecular weight is 289 g/mol. The second-order valence-corrected chi connectivity index (χ2v) is 5.49. The van der Waals surface area contributed by atoms with E-state index in [9.17, 15) is 4.79 Å². The molecule has 1 fully saturated rings. The second-order valence-electron chi connectivity index (χ2n) is 5.18. The van der Waals surface area contributed by atoms with Gasteiger partial charge in [0.15, 0.2) is 0 Å². The summed E-state index contributed by atoms with van der Waals surface area (Å²) in [6.45, 7) is 0.791. The minimum Gasteiger partial charge on any atom is -0.334 e. The fraction of sp³-hybridized carbons (Fsp3) is 0.375. The first kappa shape index (κ1) is 13.4. The van der Waals surface area contributed by atoms with Crippen molar-refractivity contribution in [2.45, 2.75) is 25.3 Å². The van der Waals surface area contributed by atoms with Gasteiger partial charge in [0.1, 0.15) is 0 Å². The molecule has 3 nitrogen and oxygen atoms in total. The predicted octanol–water partition coefficient (Wildman–Crippen LogP) is 3.47. The van der Waals surface area contributed by atoms with Gasteiger partial charge < -0.3 is 4.90 Å². The van der Waals surface area contributed by atoms with Crippen molar-refractivity contribution >= 4 is 28.4 Å². The number of para-hydroxylation sites is 1. The number of fused-ring (bicyclic) bond motifs is 1. The van der Waals surface area contributed by atoms with Crippen LogP contribution in [0.1, 0.15) is 29.6 Å². The first-order chi connectivity index (χ1) is 9.81. The first-order valence-corrected chi connectivity index (χ1v) is 7.55. The lowest BCUT2D eigenvalue weighted by Crippen LogP contribution is -2.44. The molecule has 1 unspecified atom stereocenters. The Kier molecular flexibility index (Phi) is 3.88. The molecule has 1 aliphatic heterocycles. The standard InChI is InChI=1S/C16H17ClN2O/c17-11-13-7-1-2-10-19(13)16(20)14-8-3-5-12-6-4-9-18-15(12)14/h3-6,8-9,13H,1-2,7,10-11H2. The molecular weight excluding hydrogens is 272 g/mol. The van der Waals surface area contributed by atoms with Crippen LogP contribution in [0.25, 0.3) is 10.9 Å². The molecule has 4 heteroatoms. The van der Waals surface area contributed by atoms with Crippen molar-refractivity contribution in [3.8, 4) is 0 Å². The van der Waals surface area contributed by atoms with Crippen LogP contribution in [0.2, 0.25) is 0 Å². The molecule has 0 bridgehead atoms. The van der Waals surface area contributed by atoms with E-state index in [1.165, 1.54) is 0 Å². The molecule has 0 aliphatic carbocycles. The monoisotopic (exact) mass is 288 g/mol. The molecular formula is C16H17ClN2O. The molecule has 1 amide bonds. The van der Waals surface area contributed by atoms with Crippen LogP contribution in [0.5, 0.6) is 0 Å². The molecule has 1 aromatic heterocycles. The van der Waals surface area contributed by atoms with Crippen LogP contribution in [0.4, 0.5) is 0 Å². The lowest BCUT2D eigenvalue weighted by molar-refractivity contribution is 0.0641. The van der Waals surface area contributed by atoms with E-state index in [0.717, 1.165) is 36.7 Å². The highest BCUT2D eigenvalue weighted by atomic mass is 35.5. The Morgan fingerprint density at radius 3 is 3.00 bits per heavy atom. The van der Waals surface area contributed by atoms with Gasteiger partial charge in [-0.1, -0.05) is 18.2 Å². The van der Waals surface area contributed by atoms with Crippen molar-refractivity contribution in [1.82, 2.24) is 9.88 Å². The van der Waals surface area contributed by atoms with Crippen LogP contribution in [0, 0.1) is 0 Å². The maximum absolute atomic E-state index is 12.8. The molecule has 2 aromatic rings. The second kappa shape index (κ2) is 5.80. The fourth-order valence-electron chi connectivity index (χ4n) is 2.86. The Bertz CT molecular complexity index is 623. The maximum atomic E-state index is 12.8. The molecule has 1 aliphatic rings. The number of alkyl halides is 1. The summed E-state index contributed by atoms with van der Waals surface area (Å²) in [7, 11) is 0. The number of likely N-dealkylation sites (tertiary alicyclic amines) is 1. The molecule has 0 radical (unpaired) electrons. The van der Waals surface area contributed by atoms with E-state index in [0.29, 0.717) is 11.4 Å². The van der Waals surface area contributed by atoms with Gasteiger partial charge in [-0.2, -0.15) is 0 Å². The zero-order valence-electron chi connectivity index (χ0n) is 11.3. The number of pyridine rings is 1. The smallest absolute Gasteiger partial charge is 0.256 e. The SMILES string of the molecule is O=C(c1cccc2cccnc12)N1CCCCC1CCl. The van der Waals surface area contributed by atoms with Crippen molar-refractivity contribution in [1.29, 1.82) is 0 Å². The van der Waals surface area contributed by atoms with Crippen molar-refractivity contribution in [2.75, 3.05) is 12.4 Å². The summed E-state index contributed by atoms with van der Waals surface area (Å²) in [5.41, 5.74) is 1.46. The van der Waals surface area contributed by atoms with E-state index < -0.39 is 0 Å². The summed E-state index contributed by atoms with van der Waals surface area (Å²) in [5.74, 6) is 0.559. The minimum absolute atomic E-state index is 0.0552. The summed E-state index contributed by atoms with van der Waals surface area (Å²) >= 11 is 6.02. The molecule has 2 heterocycles. The minimum atomic E-state index is 0.0552. The normalized spacial score (nSPS) is 19.2. The van der Waals surface area contributed by atoms with Crippen LogP contribution in [-0.2, 0) is 0 Å². The summed E-state index contributed by atoms with van der Waals surface area (Å²) in [4.78, 5) is 19.1. The Labute approximate surface area is 123 Å². The van der Waals surface area contributed by atoms with E-state index in [1.54, 1.807) is 6.20 Å². The predicted molar refractivity (Wildman–Crippen MR) is 81.1 cm³/mol. The van der Waals surface area contributed by atoms with Crippen LogP contribution >= 0.6 is 11.6 Å². The molecule has 3 rings (SSSR count). The number of aromatic nitrogens is 1. The Morgan fingerprint density at radius 1 is 1.30 bits per heavy atom. The first-order valence-electron chi connectivity index (χ1n) is 7.02. The molecule has 20 heavy (non-hydrogen) atoms. The lowest BCUT2D eigenvalue weighted by Gasteiger charge is -2.34. The average Bonchev–Trinajstić information content (AvgIpc) is 2.53. The third-order valence-electron chi connectivity index (χ3n) is 3.93. The number of hydrogen-bond acceptors (Lipinski definition) is 2. The summed E-state index contributed by atoms with van der Waals surface area (Å²) in [6, 6.07) is 9.77. The zero-order valence-corrected chi connectivity index (χ0v) is 12.0. The molecule has 104 valence electrons. The van der Waals surface area contributed by atoms with E-state index in [2.05, 4.69) is 4.98 Å². The van der Waals surface area contributed by atoms with Gasteiger partial charge in [0.25, 0.3) is 5.91 Å². The number of amides is 1. The molecule has 0 spiro atoms. The van der Waals surface area contributed by atoms with Crippen LogP contribution in [0.15, 0.2) is 36.5 Å². The number of nitrogens with zero attached hydrogens (tertiary/aromatic N) is 2. The Balaban J connectivity index is 1.99. The number of carbonyl (C=O) groups excluding carboxylic acids is 1. The Morgan fingerprint density at radius 2 is 2.15 bits per heavy atom. The Hall–Kier alpha value is -1.61. The van der Waals surface area contributed by atoms with Crippen LogP contribution < -0.4 is 0 Å². The largest absolute Gasteiger partial charge is 0.334 e. The van der Waals surface area contributed by atoms with Gasteiger partial charge >= 0.3 is 0 Å². The summed E-state index contributed by atoms with van der Waals surface area (Å²) in [5, 5.41) is 0.998. The van der Waals surface area contributed by atoms with E-state index in [1.807, 2.05) is 35.2 Å². The molecule has 0 N–H and O–H groups in total. The zero-order chi connectivity index (χ0) is 13.9. The fourth-order valence-corrected chi connectivity index (χ4v) is 3.18. The highest BCUT2D eigenvalue weighted by Gasteiger charge is 2.27. The van der Waals surface area contributed by atoms with Crippen molar-refractivity contribution < 1.29 is 4.79 Å². The van der Waals surface area contributed by atoms with Gasteiger partial charge in [-0.3, -0.25) is 9.78 Å². The number of piperidine rings is 1. The van der Waals surface area contributed by atoms with Crippen LogP contribution in [-0.4, -0.2) is 34.3 Å². The molecule has 0 saturated carbocycles. The summed E-state index contributed by atoms with van der Waals surface area (Å²) in [6.07, 6.45) is 4.92. The van der Waals surface area contributed by atoms with Crippen molar-refractivity contribution in [2.24, 2.45) is 0 Å². The third kappa shape index (κ3) is 2.38. The lowest BCUT2D eigenvalue weighted by atomic mass is 10.0. The quantitative estimate of drug-likeness (QED) is 0.793. The van der Waals surface area contributed by atoms with Gasteiger partial charge in [-0.25, -0.2) is 0 Å². The third-order valence-corrected chi connectivity index (χ3v) is 4.29. The van der Waals surface area contributed by atoms with Gasteiger partial charge in [-0.15, -0.1) is 11.6 Å². The van der Waals surface area contributed by atoms with E-state index >= 15 is 0 Å². The van der Waals surface area contributed by atoms with Crippen molar-refractivity contribution in [3.63, 3.8) is 0 Å². The van der Waals surface area contributed by atoms with Gasteiger partial charge in [-0.05, 0) is 31.4 Å². The highest BCUT2D eigenvalue weighted by molar-refractivity contribution is 6.18. The van der Waals surface area contributed by atoms with Crippen LogP contribution in [0.3, 0.4) is 0 Å². The highest BCUT2D eigenvalue weighted by Crippen LogP contribution is 2.23. The van der Waals surface area contributed by atoms with E-state index in [4.69, 9.17) is 11.6 Å². The number of halogens is 1. The summed E-state index contributed by atoms with van der Waals surface area (Å²) < 4.78 is 0. The number of hydrogen-bond donors (Lipinski definition) is 0. The molecule has 1 saturated heterocycles. The topological polar surface area (TPSA) is 33.2 Å².